The molecule has 0 fully saturated rings. The number of rotatable bonds is 9. The molecule has 0 aliphatic carbocycles. The third-order valence-corrected chi connectivity index (χ3v) is 4.82. The first-order valence-electron chi connectivity index (χ1n) is 10.2. The summed E-state index contributed by atoms with van der Waals surface area (Å²) in [5.74, 6) is 3.44. The monoisotopic (exact) mass is 423 g/mol. The molecule has 2 aromatic carbocycles. The van der Waals surface area contributed by atoms with E-state index in [1.54, 1.807) is 21.3 Å². The van der Waals surface area contributed by atoms with Gasteiger partial charge in [0.1, 0.15) is 0 Å². The van der Waals surface area contributed by atoms with Gasteiger partial charge in [0.2, 0.25) is 0 Å². The Hall–Kier alpha value is -3.55. The molecule has 2 N–H and O–H groups in total. The van der Waals surface area contributed by atoms with Crippen molar-refractivity contribution in [3.63, 3.8) is 0 Å². The van der Waals surface area contributed by atoms with Crippen molar-refractivity contribution >= 4 is 5.96 Å². The van der Waals surface area contributed by atoms with Gasteiger partial charge in [-0.3, -0.25) is 4.99 Å². The summed E-state index contributed by atoms with van der Waals surface area (Å²) in [5, 5.41) is 10.6. The Kier molecular flexibility index (Phi) is 7.86. The quantitative estimate of drug-likeness (QED) is 0.403. The highest BCUT2D eigenvalue weighted by atomic mass is 16.5. The van der Waals surface area contributed by atoms with E-state index in [1.165, 1.54) is 5.56 Å². The first kappa shape index (κ1) is 22.1. The van der Waals surface area contributed by atoms with E-state index >= 15 is 0 Å². The fourth-order valence-electron chi connectivity index (χ4n) is 3.05. The molecule has 1 aromatic heterocycles. The maximum Gasteiger partial charge on any atom is 0.257 e. The third-order valence-electron chi connectivity index (χ3n) is 4.82. The normalized spacial score (nSPS) is 11.3. The molecule has 3 rings (SSSR count). The maximum absolute atomic E-state index is 5.36. The zero-order chi connectivity index (χ0) is 22.1. The predicted molar refractivity (Wildman–Crippen MR) is 121 cm³/mol. The Balaban J connectivity index is 1.47. The SMILES string of the molecule is CCc1noc(-c2ccc(CCNC(=NC)NCc3ccc(OC)c(OC)c3)cc2)n1. The first-order chi connectivity index (χ1) is 15.2. The zero-order valence-corrected chi connectivity index (χ0v) is 18.4. The molecule has 0 bridgehead atoms. The fourth-order valence-corrected chi connectivity index (χ4v) is 3.05. The summed E-state index contributed by atoms with van der Waals surface area (Å²) < 4.78 is 15.9. The number of benzene rings is 2. The Bertz CT molecular complexity index is 999. The Labute approximate surface area is 182 Å². The van der Waals surface area contributed by atoms with E-state index in [0.717, 1.165) is 42.3 Å². The van der Waals surface area contributed by atoms with Crippen LogP contribution in [0, 0.1) is 0 Å². The maximum atomic E-state index is 5.36. The highest BCUT2D eigenvalue weighted by molar-refractivity contribution is 5.79. The summed E-state index contributed by atoms with van der Waals surface area (Å²) in [7, 11) is 5.02. The van der Waals surface area contributed by atoms with E-state index in [0.29, 0.717) is 23.9 Å². The molecule has 0 saturated carbocycles. The number of nitrogens with one attached hydrogen (secondary N) is 2. The van der Waals surface area contributed by atoms with Crippen molar-refractivity contribution in [1.29, 1.82) is 0 Å². The van der Waals surface area contributed by atoms with E-state index in [2.05, 4.69) is 37.9 Å². The van der Waals surface area contributed by atoms with Crippen molar-refractivity contribution in [1.82, 2.24) is 20.8 Å². The second kappa shape index (κ2) is 11.0. The predicted octanol–water partition coefficient (Wildman–Crippen LogP) is 3.22. The van der Waals surface area contributed by atoms with Gasteiger partial charge in [-0.1, -0.05) is 30.3 Å². The molecule has 31 heavy (non-hydrogen) atoms. The van der Waals surface area contributed by atoms with Gasteiger partial charge in [-0.25, -0.2) is 0 Å². The fraction of sp³-hybridized carbons (Fsp3) is 0.348. The lowest BCUT2D eigenvalue weighted by Crippen LogP contribution is -2.37. The number of hydrogen-bond acceptors (Lipinski definition) is 6. The Morgan fingerprint density at radius 2 is 1.74 bits per heavy atom. The Morgan fingerprint density at radius 3 is 2.39 bits per heavy atom. The first-order valence-corrected chi connectivity index (χ1v) is 10.2. The highest BCUT2D eigenvalue weighted by Crippen LogP contribution is 2.27. The summed E-state index contributed by atoms with van der Waals surface area (Å²) in [6.45, 7) is 3.38. The lowest BCUT2D eigenvalue weighted by molar-refractivity contribution is 0.354. The van der Waals surface area contributed by atoms with Gasteiger partial charge in [0, 0.05) is 32.1 Å². The molecule has 8 heteroatoms. The van der Waals surface area contributed by atoms with Crippen LogP contribution in [0.15, 0.2) is 52.0 Å². The smallest absolute Gasteiger partial charge is 0.257 e. The number of aliphatic imine (C=N–C) groups is 1. The number of methoxy groups -OCH3 is 2. The second-order valence-corrected chi connectivity index (χ2v) is 6.86. The van der Waals surface area contributed by atoms with Gasteiger partial charge in [-0.05, 0) is 41.8 Å². The van der Waals surface area contributed by atoms with Crippen LogP contribution in [0.3, 0.4) is 0 Å². The number of ether oxygens (including phenoxy) is 2. The Morgan fingerprint density at radius 1 is 1.00 bits per heavy atom. The van der Waals surface area contributed by atoms with Crippen molar-refractivity contribution in [2.45, 2.75) is 26.3 Å². The van der Waals surface area contributed by atoms with Crippen LogP contribution in [0.4, 0.5) is 0 Å². The van der Waals surface area contributed by atoms with Crippen LogP contribution in [-0.2, 0) is 19.4 Å². The summed E-state index contributed by atoms with van der Waals surface area (Å²) in [4.78, 5) is 8.65. The van der Waals surface area contributed by atoms with Crippen LogP contribution in [0.5, 0.6) is 11.5 Å². The standard InChI is InChI=1S/C23H29N5O3/c1-5-21-27-22(31-28-21)18-9-6-16(7-10-18)12-13-25-23(24-2)26-15-17-8-11-19(29-3)20(14-17)30-4/h6-11,14H,5,12-13,15H2,1-4H3,(H2,24,25,26). The van der Waals surface area contributed by atoms with Gasteiger partial charge < -0.3 is 24.6 Å². The van der Waals surface area contributed by atoms with E-state index in [-0.39, 0.29) is 0 Å². The summed E-state index contributed by atoms with van der Waals surface area (Å²) in [6, 6.07) is 14.0. The zero-order valence-electron chi connectivity index (χ0n) is 18.4. The van der Waals surface area contributed by atoms with Crippen molar-refractivity contribution in [3.05, 3.63) is 59.4 Å². The van der Waals surface area contributed by atoms with Crippen LogP contribution in [-0.4, -0.2) is 43.9 Å². The molecule has 8 nitrogen and oxygen atoms in total. The number of hydrogen-bond donors (Lipinski definition) is 2. The molecule has 0 unspecified atom stereocenters. The average Bonchev–Trinajstić information content (AvgIpc) is 3.30. The third kappa shape index (κ3) is 5.97. The van der Waals surface area contributed by atoms with E-state index < -0.39 is 0 Å². The van der Waals surface area contributed by atoms with Gasteiger partial charge in [0.15, 0.2) is 23.3 Å². The molecule has 3 aromatic rings. The molecule has 1 heterocycles. The van der Waals surface area contributed by atoms with Crippen LogP contribution < -0.4 is 20.1 Å². The molecule has 0 aliphatic rings. The van der Waals surface area contributed by atoms with E-state index in [9.17, 15) is 0 Å². The second-order valence-electron chi connectivity index (χ2n) is 6.86. The molecule has 0 radical (unpaired) electrons. The minimum absolute atomic E-state index is 0.557. The van der Waals surface area contributed by atoms with Gasteiger partial charge >= 0.3 is 0 Å². The molecular formula is C23H29N5O3. The van der Waals surface area contributed by atoms with E-state index in [4.69, 9.17) is 14.0 Å². The average molecular weight is 424 g/mol. The largest absolute Gasteiger partial charge is 0.493 e. The molecular weight excluding hydrogens is 394 g/mol. The van der Waals surface area contributed by atoms with Crippen LogP contribution >= 0.6 is 0 Å². The van der Waals surface area contributed by atoms with Crippen LogP contribution in [0.1, 0.15) is 23.9 Å². The van der Waals surface area contributed by atoms with Gasteiger partial charge in [-0.2, -0.15) is 4.98 Å². The molecule has 0 atom stereocenters. The lowest BCUT2D eigenvalue weighted by Gasteiger charge is -2.13. The van der Waals surface area contributed by atoms with Gasteiger partial charge in [-0.15, -0.1) is 0 Å². The number of nitrogens with zero attached hydrogens (tertiary/aromatic N) is 3. The molecule has 164 valence electrons. The van der Waals surface area contributed by atoms with Crippen molar-refractivity contribution in [2.75, 3.05) is 27.8 Å². The number of aryl methyl sites for hydroxylation is 1. The van der Waals surface area contributed by atoms with Gasteiger partial charge in [0.05, 0.1) is 14.2 Å². The molecule has 0 spiro atoms. The minimum Gasteiger partial charge on any atom is -0.493 e. The summed E-state index contributed by atoms with van der Waals surface area (Å²) >= 11 is 0. The lowest BCUT2D eigenvalue weighted by atomic mass is 10.1. The minimum atomic E-state index is 0.557. The van der Waals surface area contributed by atoms with Crippen molar-refractivity contribution in [3.8, 4) is 23.0 Å². The van der Waals surface area contributed by atoms with E-state index in [1.807, 2.05) is 37.3 Å². The van der Waals surface area contributed by atoms with Crippen molar-refractivity contribution in [2.24, 2.45) is 4.99 Å². The molecule has 0 saturated heterocycles. The van der Waals surface area contributed by atoms with Crippen molar-refractivity contribution < 1.29 is 14.0 Å². The van der Waals surface area contributed by atoms with Crippen LogP contribution in [0.25, 0.3) is 11.5 Å². The number of guanidine groups is 1. The topological polar surface area (TPSA) is 93.8 Å². The molecule has 0 amide bonds. The highest BCUT2D eigenvalue weighted by Gasteiger charge is 2.08. The number of aromatic nitrogens is 2. The van der Waals surface area contributed by atoms with Crippen LogP contribution in [0.2, 0.25) is 0 Å². The summed E-state index contributed by atoms with van der Waals surface area (Å²) in [5.41, 5.74) is 3.21. The summed E-state index contributed by atoms with van der Waals surface area (Å²) in [6.07, 6.45) is 1.62. The van der Waals surface area contributed by atoms with Gasteiger partial charge in [0.25, 0.3) is 5.89 Å². The molecule has 0 aliphatic heterocycles.